The van der Waals surface area contributed by atoms with Gasteiger partial charge in [0.15, 0.2) is 5.67 Å². The Labute approximate surface area is 224 Å². The first-order valence-corrected chi connectivity index (χ1v) is 16.4. The van der Waals surface area contributed by atoms with Crippen molar-refractivity contribution in [2.45, 2.75) is 38.1 Å². The second-order valence-corrected chi connectivity index (χ2v) is 16.7. The Morgan fingerprint density at radius 3 is 2.42 bits per heavy atom. The third-order valence-electron chi connectivity index (χ3n) is 6.56. The van der Waals surface area contributed by atoms with Crippen LogP contribution in [0.25, 0.3) is 22.2 Å². The van der Waals surface area contributed by atoms with E-state index in [0.29, 0.717) is 49.4 Å². The number of methoxy groups -OCH3 is 2. The Hall–Kier alpha value is -3.15. The van der Waals surface area contributed by atoms with E-state index in [-0.39, 0.29) is 6.54 Å². The zero-order valence-corrected chi connectivity index (χ0v) is 24.1. The molecular weight excluding hydrogens is 505 g/mol. The Kier molecular flexibility index (Phi) is 8.29. The molecule has 0 aliphatic carbocycles. The number of nitrogens with one attached hydrogen (secondary N) is 2. The summed E-state index contributed by atoms with van der Waals surface area (Å²) >= 11 is 0. The number of anilines is 1. The lowest BCUT2D eigenvalue weighted by Crippen LogP contribution is -2.62. The van der Waals surface area contributed by atoms with Crippen LogP contribution in [0.5, 0.6) is 11.5 Å². The van der Waals surface area contributed by atoms with Gasteiger partial charge in [-0.25, -0.2) is 14.2 Å². The van der Waals surface area contributed by atoms with Crippen LogP contribution in [0.2, 0.25) is 25.7 Å². The van der Waals surface area contributed by atoms with Crippen LogP contribution < -0.4 is 20.1 Å². The molecule has 206 valence electrons. The van der Waals surface area contributed by atoms with Crippen LogP contribution in [0.15, 0.2) is 36.5 Å². The number of hydrogen-bond donors (Lipinski definition) is 2. The summed E-state index contributed by atoms with van der Waals surface area (Å²) in [6.07, 6.45) is 1.97. The van der Waals surface area contributed by atoms with Gasteiger partial charge >= 0.3 is 6.03 Å². The van der Waals surface area contributed by atoms with E-state index in [1.54, 1.807) is 20.3 Å². The third-order valence-corrected chi connectivity index (χ3v) is 8.26. The van der Waals surface area contributed by atoms with E-state index >= 15 is 0 Å². The molecule has 0 atom stereocenters. The lowest BCUT2D eigenvalue weighted by atomic mass is 9.97. The summed E-state index contributed by atoms with van der Waals surface area (Å²) in [6, 6.07) is 9.82. The smallest absolute Gasteiger partial charge is 0.320 e. The highest BCUT2D eigenvalue weighted by Gasteiger charge is 2.41. The molecule has 0 unspecified atom stereocenters. The summed E-state index contributed by atoms with van der Waals surface area (Å²) in [5.41, 5.74) is 0.928. The fourth-order valence-corrected chi connectivity index (χ4v) is 5.38. The van der Waals surface area contributed by atoms with Crippen LogP contribution in [-0.4, -0.2) is 81.7 Å². The molecule has 3 heterocycles. The monoisotopic (exact) mass is 543 g/mol. The average Bonchev–Trinajstić information content (AvgIpc) is 3.20. The van der Waals surface area contributed by atoms with Crippen molar-refractivity contribution in [2.75, 3.05) is 52.8 Å². The van der Waals surface area contributed by atoms with Gasteiger partial charge in [0.05, 0.1) is 26.3 Å². The minimum Gasteiger partial charge on any atom is -0.496 e. The van der Waals surface area contributed by atoms with Gasteiger partial charge in [-0.1, -0.05) is 25.7 Å². The van der Waals surface area contributed by atoms with Crippen LogP contribution in [0.3, 0.4) is 0 Å². The molecule has 4 rings (SSSR count). The number of carbonyl (C=O) groups is 1. The van der Waals surface area contributed by atoms with Gasteiger partial charge in [-0.3, -0.25) is 10.2 Å². The second kappa shape index (κ2) is 11.3. The van der Waals surface area contributed by atoms with Crippen molar-refractivity contribution in [3.63, 3.8) is 0 Å². The number of rotatable bonds is 11. The maximum Gasteiger partial charge on any atom is 0.320 e. The molecule has 1 aliphatic heterocycles. The lowest BCUT2D eigenvalue weighted by Gasteiger charge is -2.42. The summed E-state index contributed by atoms with van der Waals surface area (Å²) < 4.78 is 33.8. The van der Waals surface area contributed by atoms with Gasteiger partial charge in [0, 0.05) is 44.9 Å². The highest BCUT2D eigenvalue weighted by molar-refractivity contribution is 6.76. The molecule has 1 saturated heterocycles. The van der Waals surface area contributed by atoms with Gasteiger partial charge in [-0.15, -0.1) is 0 Å². The summed E-state index contributed by atoms with van der Waals surface area (Å²) in [7, 11) is 3.85. The molecule has 0 saturated carbocycles. The maximum atomic E-state index is 14.5. The number of carbonyl (C=O) groups excluding carboxylic acids is 1. The maximum absolute atomic E-state index is 14.5. The molecule has 9 nitrogen and oxygen atoms in total. The van der Waals surface area contributed by atoms with E-state index in [9.17, 15) is 9.18 Å². The minimum absolute atomic E-state index is 0.0511. The zero-order valence-electron chi connectivity index (χ0n) is 23.1. The van der Waals surface area contributed by atoms with Gasteiger partial charge in [0.25, 0.3) is 0 Å². The van der Waals surface area contributed by atoms with E-state index in [0.717, 1.165) is 22.6 Å². The van der Waals surface area contributed by atoms with Crippen molar-refractivity contribution >= 4 is 31.0 Å². The molecule has 38 heavy (non-hydrogen) atoms. The van der Waals surface area contributed by atoms with Crippen molar-refractivity contribution in [3.8, 4) is 22.6 Å². The molecule has 1 fully saturated rings. The molecule has 2 N–H and O–H groups in total. The largest absolute Gasteiger partial charge is 0.496 e. The van der Waals surface area contributed by atoms with Gasteiger partial charge in [-0.05, 0) is 37.4 Å². The van der Waals surface area contributed by atoms with Gasteiger partial charge < -0.3 is 24.1 Å². The van der Waals surface area contributed by atoms with Crippen molar-refractivity contribution in [1.82, 2.24) is 19.8 Å². The highest BCUT2D eigenvalue weighted by Crippen LogP contribution is 2.42. The number of urea groups is 1. The minimum atomic E-state index is -1.39. The van der Waals surface area contributed by atoms with Crippen LogP contribution in [0.4, 0.5) is 15.0 Å². The number of fused-ring (bicyclic) bond motifs is 1. The van der Waals surface area contributed by atoms with Gasteiger partial charge in [0.1, 0.15) is 29.7 Å². The van der Waals surface area contributed by atoms with Crippen molar-refractivity contribution in [2.24, 2.45) is 0 Å². The number of halogens is 1. The highest BCUT2D eigenvalue weighted by atomic mass is 28.3. The number of pyridine rings is 1. The van der Waals surface area contributed by atoms with Crippen LogP contribution in [0.1, 0.15) is 0 Å². The van der Waals surface area contributed by atoms with Gasteiger partial charge in [0.2, 0.25) is 0 Å². The lowest BCUT2D eigenvalue weighted by molar-refractivity contribution is -0.0114. The predicted octanol–water partition coefficient (Wildman–Crippen LogP) is 4.81. The van der Waals surface area contributed by atoms with Crippen LogP contribution in [0, 0.1) is 0 Å². The fraction of sp³-hybridized carbons (Fsp3) is 0.481. The Balaban J connectivity index is 1.62. The van der Waals surface area contributed by atoms with Crippen LogP contribution >= 0.6 is 0 Å². The van der Waals surface area contributed by atoms with E-state index in [1.807, 2.05) is 47.0 Å². The average molecular weight is 544 g/mol. The second-order valence-electron chi connectivity index (χ2n) is 11.1. The predicted molar refractivity (Wildman–Crippen MR) is 151 cm³/mol. The van der Waals surface area contributed by atoms with Crippen molar-refractivity contribution in [1.29, 1.82) is 0 Å². The number of aromatic nitrogens is 2. The number of amides is 2. The number of benzene rings is 1. The number of nitrogens with zero attached hydrogens (tertiary/aromatic N) is 3. The molecule has 2 aromatic heterocycles. The normalized spacial score (nSPS) is 15.2. The molecule has 0 bridgehead atoms. The Morgan fingerprint density at radius 1 is 1.13 bits per heavy atom. The molecule has 3 aromatic rings. The fourth-order valence-electron chi connectivity index (χ4n) is 4.62. The summed E-state index contributed by atoms with van der Waals surface area (Å²) in [5, 5.41) is 6.21. The number of alkyl halides is 1. The number of hydrogen-bond acceptors (Lipinski definition) is 6. The van der Waals surface area contributed by atoms with Gasteiger partial charge in [-0.2, -0.15) is 0 Å². The van der Waals surface area contributed by atoms with E-state index in [2.05, 4.69) is 30.3 Å². The molecule has 1 aromatic carbocycles. The first-order chi connectivity index (χ1) is 18.0. The first-order valence-electron chi connectivity index (χ1n) is 12.7. The van der Waals surface area contributed by atoms with Crippen molar-refractivity contribution in [3.05, 3.63) is 36.5 Å². The summed E-state index contributed by atoms with van der Waals surface area (Å²) in [5.74, 6) is 1.70. The Bertz CT molecular complexity index is 1260. The quantitative estimate of drug-likeness (QED) is 0.267. The van der Waals surface area contributed by atoms with E-state index in [1.165, 1.54) is 0 Å². The summed E-state index contributed by atoms with van der Waals surface area (Å²) in [4.78, 5) is 19.1. The molecular formula is C27H38FN5O4Si. The topological polar surface area (TPSA) is 89.9 Å². The molecule has 2 amide bonds. The molecule has 11 heteroatoms. The number of likely N-dealkylation sites (tertiary alicyclic amines) is 1. The van der Waals surface area contributed by atoms with Crippen LogP contribution in [-0.2, 0) is 11.5 Å². The number of ether oxygens (including phenoxy) is 3. The first kappa shape index (κ1) is 27.9. The molecule has 0 spiro atoms. The third kappa shape index (κ3) is 6.45. The molecule has 1 aliphatic rings. The SMILES string of the molecule is COc1cccc(OC)c1-c1cn(COCC[Si](C)(C)C)c2nc(NC(=O)NCC3(F)CN(C)C3)ccc12. The summed E-state index contributed by atoms with van der Waals surface area (Å²) in [6.45, 7) is 8.45. The van der Waals surface area contributed by atoms with Crippen molar-refractivity contribution < 1.29 is 23.4 Å². The zero-order chi connectivity index (χ0) is 27.5. The Morgan fingerprint density at radius 2 is 1.82 bits per heavy atom. The standard InChI is InChI=1S/C27H38FN5O4Si/c1-32-16-27(28,17-32)15-29-26(34)31-23-11-10-19-20(24-21(35-2)8-7-9-22(24)36-3)14-33(25(19)30-23)18-37-12-13-38(4,5)6/h7-11,14H,12-13,15-18H2,1-6H3,(H2,29,30,31,34). The molecule has 0 radical (unpaired) electrons. The van der Waals surface area contributed by atoms with E-state index in [4.69, 9.17) is 19.2 Å². The van der Waals surface area contributed by atoms with E-state index < -0.39 is 19.8 Å².